The van der Waals surface area contributed by atoms with E-state index in [0.717, 1.165) is 22.0 Å². The third-order valence-electron chi connectivity index (χ3n) is 3.59. The fourth-order valence-corrected chi connectivity index (χ4v) is 4.23. The van der Waals surface area contributed by atoms with Crippen molar-refractivity contribution in [2.24, 2.45) is 0 Å². The molecule has 0 aliphatic heterocycles. The van der Waals surface area contributed by atoms with Gasteiger partial charge < -0.3 is 20.2 Å². The van der Waals surface area contributed by atoms with Crippen molar-refractivity contribution in [2.75, 3.05) is 10.6 Å². The summed E-state index contributed by atoms with van der Waals surface area (Å²) < 4.78 is 5.04. The minimum Gasteiger partial charge on any atom is -0.465 e. The number of amides is 1. The van der Waals surface area contributed by atoms with Gasteiger partial charge in [0, 0.05) is 23.6 Å². The molecule has 1 amide bonds. The molecule has 0 radical (unpaired) electrons. The highest BCUT2D eigenvalue weighted by molar-refractivity contribution is 7.20. The topological polar surface area (TPSA) is 126 Å². The van der Waals surface area contributed by atoms with Crippen LogP contribution in [-0.4, -0.2) is 31.2 Å². The number of carbonyl (C=O) groups excluding carboxylic acids is 1. The number of aromatic hydroxyl groups is 1. The van der Waals surface area contributed by atoms with Gasteiger partial charge >= 0.3 is 6.08 Å². The molecule has 0 unspecified atom stereocenters. The van der Waals surface area contributed by atoms with Gasteiger partial charge in [0.1, 0.15) is 0 Å². The first-order chi connectivity index (χ1) is 13.5. The molecule has 0 fully saturated rings. The van der Waals surface area contributed by atoms with E-state index in [1.54, 1.807) is 6.07 Å². The van der Waals surface area contributed by atoms with Gasteiger partial charge in [-0.05, 0) is 25.1 Å². The van der Waals surface area contributed by atoms with Gasteiger partial charge in [0.05, 0.1) is 16.3 Å². The van der Waals surface area contributed by atoms with E-state index in [-0.39, 0.29) is 11.8 Å². The third kappa shape index (κ3) is 3.85. The number of benzene rings is 1. The Kier molecular flexibility index (Phi) is 4.75. The molecule has 9 nitrogen and oxygen atoms in total. The van der Waals surface area contributed by atoms with Crippen LogP contribution < -0.4 is 10.6 Å². The highest BCUT2D eigenvalue weighted by atomic mass is 32.1. The van der Waals surface area contributed by atoms with Crippen LogP contribution in [-0.2, 0) is 4.79 Å². The maximum atomic E-state index is 11.2. The number of carbonyl (C=O) groups is 1. The van der Waals surface area contributed by atoms with Crippen LogP contribution >= 0.6 is 22.7 Å². The molecule has 3 heterocycles. The van der Waals surface area contributed by atoms with Crippen LogP contribution in [0.1, 0.15) is 12.6 Å². The standard InChI is InChI=1S/C17H14N6O3S2/c1-8-13(28-16(18-8)19-9(2)24)12-7-27-15(21-12)20-11-5-3-4-10(6-11)14-22-23-17(25)26-14/h3-7H,1-2H3,(H,20,21)(H,23,25)(H,18,19,24). The maximum absolute atomic E-state index is 11.2. The quantitative estimate of drug-likeness (QED) is 0.447. The summed E-state index contributed by atoms with van der Waals surface area (Å²) in [4.78, 5) is 21.1. The molecule has 3 N–H and O–H groups in total. The molecule has 142 valence electrons. The van der Waals surface area contributed by atoms with E-state index in [1.807, 2.05) is 30.5 Å². The maximum Gasteiger partial charge on any atom is 0.412 e. The minimum absolute atomic E-state index is 0.157. The Labute approximate surface area is 167 Å². The van der Waals surface area contributed by atoms with E-state index < -0.39 is 6.08 Å². The van der Waals surface area contributed by atoms with E-state index in [4.69, 9.17) is 4.42 Å². The molecule has 0 spiro atoms. The average molecular weight is 414 g/mol. The predicted molar refractivity (Wildman–Crippen MR) is 107 cm³/mol. The Hall–Kier alpha value is -3.31. The minimum atomic E-state index is -0.475. The van der Waals surface area contributed by atoms with Gasteiger partial charge in [-0.25, -0.2) is 9.97 Å². The summed E-state index contributed by atoms with van der Waals surface area (Å²) in [5.41, 5.74) is 3.06. The zero-order chi connectivity index (χ0) is 19.7. The van der Waals surface area contributed by atoms with Crippen molar-refractivity contribution in [3.05, 3.63) is 35.3 Å². The number of aromatic nitrogens is 4. The monoisotopic (exact) mass is 414 g/mol. The Morgan fingerprint density at radius 2 is 2.07 bits per heavy atom. The molecule has 0 bridgehead atoms. The number of nitrogens with one attached hydrogen (secondary N) is 2. The van der Waals surface area contributed by atoms with Gasteiger partial charge in [0.15, 0.2) is 10.3 Å². The summed E-state index contributed by atoms with van der Waals surface area (Å²) in [5.74, 6) is 0.0714. The van der Waals surface area contributed by atoms with Crippen LogP contribution in [0.2, 0.25) is 0 Å². The van der Waals surface area contributed by atoms with Crippen molar-refractivity contribution < 1.29 is 14.3 Å². The van der Waals surface area contributed by atoms with Crippen molar-refractivity contribution in [1.29, 1.82) is 0 Å². The van der Waals surface area contributed by atoms with Crippen molar-refractivity contribution in [2.45, 2.75) is 13.8 Å². The van der Waals surface area contributed by atoms with Gasteiger partial charge in [0.2, 0.25) is 5.91 Å². The summed E-state index contributed by atoms with van der Waals surface area (Å²) >= 11 is 2.84. The number of hydrogen-bond acceptors (Lipinski definition) is 10. The van der Waals surface area contributed by atoms with Gasteiger partial charge in [-0.15, -0.1) is 16.4 Å². The van der Waals surface area contributed by atoms with Crippen LogP contribution in [0, 0.1) is 6.92 Å². The Morgan fingerprint density at radius 3 is 2.82 bits per heavy atom. The second-order valence-electron chi connectivity index (χ2n) is 5.75. The van der Waals surface area contributed by atoms with Crippen molar-refractivity contribution >= 4 is 44.5 Å². The summed E-state index contributed by atoms with van der Waals surface area (Å²) in [5, 5.41) is 25.6. The highest BCUT2D eigenvalue weighted by Crippen LogP contribution is 2.35. The van der Waals surface area contributed by atoms with Crippen molar-refractivity contribution in [3.8, 4) is 28.1 Å². The molecule has 1 aromatic carbocycles. The van der Waals surface area contributed by atoms with Crippen molar-refractivity contribution in [1.82, 2.24) is 20.2 Å². The van der Waals surface area contributed by atoms with Crippen LogP contribution in [0.3, 0.4) is 0 Å². The lowest BCUT2D eigenvalue weighted by molar-refractivity contribution is -0.114. The van der Waals surface area contributed by atoms with E-state index in [1.165, 1.54) is 29.6 Å². The second kappa shape index (κ2) is 7.37. The molecular weight excluding hydrogens is 400 g/mol. The molecule has 0 aliphatic rings. The van der Waals surface area contributed by atoms with E-state index in [9.17, 15) is 9.90 Å². The van der Waals surface area contributed by atoms with Crippen LogP contribution in [0.15, 0.2) is 34.1 Å². The summed E-state index contributed by atoms with van der Waals surface area (Å²) in [6, 6.07) is 7.34. The first-order valence-corrected chi connectivity index (χ1v) is 9.78. The smallest absolute Gasteiger partial charge is 0.412 e. The Morgan fingerprint density at radius 1 is 1.21 bits per heavy atom. The number of nitrogens with zero attached hydrogens (tertiary/aromatic N) is 4. The summed E-state index contributed by atoms with van der Waals surface area (Å²) in [7, 11) is 0. The highest BCUT2D eigenvalue weighted by Gasteiger charge is 2.14. The van der Waals surface area contributed by atoms with E-state index in [2.05, 4.69) is 30.8 Å². The number of rotatable bonds is 5. The normalized spacial score (nSPS) is 10.8. The second-order valence-corrected chi connectivity index (χ2v) is 7.61. The molecular formula is C17H14N6O3S2. The van der Waals surface area contributed by atoms with E-state index in [0.29, 0.717) is 15.8 Å². The number of hydrogen-bond donors (Lipinski definition) is 3. The molecule has 11 heteroatoms. The predicted octanol–water partition coefficient (Wildman–Crippen LogP) is 4.03. The largest absolute Gasteiger partial charge is 0.465 e. The Bertz CT molecular complexity index is 1150. The first kappa shape index (κ1) is 18.1. The lowest BCUT2D eigenvalue weighted by Gasteiger charge is -2.03. The van der Waals surface area contributed by atoms with Gasteiger partial charge in [-0.3, -0.25) is 4.79 Å². The van der Waals surface area contributed by atoms with E-state index >= 15 is 0 Å². The zero-order valence-electron chi connectivity index (χ0n) is 14.8. The lowest BCUT2D eigenvalue weighted by atomic mass is 10.2. The molecule has 0 aliphatic carbocycles. The Balaban J connectivity index is 1.54. The molecule has 4 aromatic rings. The van der Waals surface area contributed by atoms with Crippen LogP contribution in [0.25, 0.3) is 22.0 Å². The molecule has 0 saturated heterocycles. The number of anilines is 3. The lowest BCUT2D eigenvalue weighted by Crippen LogP contribution is -2.04. The molecule has 28 heavy (non-hydrogen) atoms. The first-order valence-electron chi connectivity index (χ1n) is 8.09. The van der Waals surface area contributed by atoms with Crippen molar-refractivity contribution in [3.63, 3.8) is 0 Å². The molecule has 0 atom stereocenters. The average Bonchev–Trinajstić information content (AvgIpc) is 3.35. The fraction of sp³-hybridized carbons (Fsp3) is 0.118. The van der Waals surface area contributed by atoms with Gasteiger partial charge in [-0.2, -0.15) is 0 Å². The fourth-order valence-electron chi connectivity index (χ4n) is 2.46. The van der Waals surface area contributed by atoms with Crippen LogP contribution in [0.4, 0.5) is 16.0 Å². The SMILES string of the molecule is CC(=O)Nc1nc(C)c(-c2csc(Nc3cccc(-c4nnc(O)o4)c3)n2)s1. The molecule has 4 rings (SSSR count). The molecule has 0 saturated carbocycles. The van der Waals surface area contributed by atoms with Gasteiger partial charge in [-0.1, -0.05) is 22.5 Å². The summed E-state index contributed by atoms with van der Waals surface area (Å²) in [6.45, 7) is 3.33. The number of aryl methyl sites for hydroxylation is 1. The number of thiazole rings is 2. The van der Waals surface area contributed by atoms with Crippen LogP contribution in [0.5, 0.6) is 6.08 Å². The zero-order valence-corrected chi connectivity index (χ0v) is 16.4. The van der Waals surface area contributed by atoms with Gasteiger partial charge in [0.25, 0.3) is 5.89 Å². The molecule has 3 aromatic heterocycles. The third-order valence-corrected chi connectivity index (χ3v) is 5.44. The summed E-state index contributed by atoms with van der Waals surface area (Å²) in [6.07, 6.45) is -0.475.